The van der Waals surface area contributed by atoms with Gasteiger partial charge in [0, 0.05) is 24.7 Å². The SMILES string of the molecule is CC1=C(C(N)=O)SC(N2CCCC(Cc3ccc(F)cc3)C2=O)N1Cc1cccc(F)c1. The molecule has 2 unspecified atom stereocenters. The quantitative estimate of drug-likeness (QED) is 0.712. The van der Waals surface area contributed by atoms with Crippen LogP contribution in [0.2, 0.25) is 0 Å². The van der Waals surface area contributed by atoms with E-state index in [4.69, 9.17) is 5.73 Å². The van der Waals surface area contributed by atoms with Gasteiger partial charge < -0.3 is 15.5 Å². The molecule has 0 saturated carbocycles. The number of likely N-dealkylation sites (tertiary alicyclic amines) is 1. The molecule has 0 bridgehead atoms. The molecule has 0 aliphatic carbocycles. The van der Waals surface area contributed by atoms with Crippen LogP contribution in [0, 0.1) is 17.6 Å². The molecule has 1 fully saturated rings. The van der Waals surface area contributed by atoms with Gasteiger partial charge in [-0.15, -0.1) is 0 Å². The summed E-state index contributed by atoms with van der Waals surface area (Å²) >= 11 is 1.27. The van der Waals surface area contributed by atoms with Gasteiger partial charge in [0.05, 0.1) is 4.91 Å². The number of primary amides is 1. The molecule has 0 spiro atoms. The standard InChI is InChI=1S/C24H25F2N3O2S/c1-15-21(22(27)30)32-24(29(15)14-17-4-2-6-20(26)13-17)28-11-3-5-18(23(28)31)12-16-7-9-19(25)10-8-16/h2,4,6-10,13,18,24H,3,5,11-12,14H2,1H3,(H2,27,30). The minimum atomic E-state index is -0.536. The molecule has 2 atom stereocenters. The zero-order valence-electron chi connectivity index (χ0n) is 17.8. The van der Waals surface area contributed by atoms with Gasteiger partial charge in [-0.05, 0) is 61.6 Å². The second-order valence-corrected chi connectivity index (χ2v) is 9.25. The summed E-state index contributed by atoms with van der Waals surface area (Å²) in [7, 11) is 0. The number of piperidine rings is 1. The number of benzene rings is 2. The highest BCUT2D eigenvalue weighted by Crippen LogP contribution is 2.42. The Kier molecular flexibility index (Phi) is 6.50. The third-order valence-electron chi connectivity index (χ3n) is 5.96. The Morgan fingerprint density at radius 3 is 2.56 bits per heavy atom. The number of hydrogen-bond acceptors (Lipinski definition) is 4. The van der Waals surface area contributed by atoms with Crippen LogP contribution in [0.5, 0.6) is 0 Å². The largest absolute Gasteiger partial charge is 0.365 e. The Labute approximate surface area is 190 Å². The molecule has 2 aromatic carbocycles. The highest BCUT2D eigenvalue weighted by Gasteiger charge is 2.41. The maximum absolute atomic E-state index is 13.7. The summed E-state index contributed by atoms with van der Waals surface area (Å²) in [4.78, 5) is 29.6. The molecule has 5 nitrogen and oxygen atoms in total. The van der Waals surface area contributed by atoms with E-state index in [0.717, 1.165) is 24.0 Å². The van der Waals surface area contributed by atoms with Gasteiger partial charge in [0.25, 0.3) is 5.91 Å². The van der Waals surface area contributed by atoms with Gasteiger partial charge in [-0.2, -0.15) is 0 Å². The average Bonchev–Trinajstić information content (AvgIpc) is 3.07. The van der Waals surface area contributed by atoms with Gasteiger partial charge in [0.2, 0.25) is 5.91 Å². The van der Waals surface area contributed by atoms with Crippen LogP contribution >= 0.6 is 11.8 Å². The Hall–Kier alpha value is -2.87. The molecule has 0 radical (unpaired) electrons. The fourth-order valence-electron chi connectivity index (χ4n) is 4.34. The van der Waals surface area contributed by atoms with Crippen LogP contribution in [-0.2, 0) is 22.6 Å². The van der Waals surface area contributed by atoms with Gasteiger partial charge in [-0.25, -0.2) is 8.78 Å². The highest BCUT2D eigenvalue weighted by molar-refractivity contribution is 8.04. The summed E-state index contributed by atoms with van der Waals surface area (Å²) in [6.45, 7) is 2.72. The van der Waals surface area contributed by atoms with E-state index in [9.17, 15) is 18.4 Å². The van der Waals surface area contributed by atoms with Crippen molar-refractivity contribution in [1.82, 2.24) is 9.80 Å². The number of nitrogens with two attached hydrogens (primary N) is 1. The maximum Gasteiger partial charge on any atom is 0.257 e. The highest BCUT2D eigenvalue weighted by atomic mass is 32.2. The fourth-order valence-corrected chi connectivity index (χ4v) is 5.65. The van der Waals surface area contributed by atoms with E-state index in [-0.39, 0.29) is 23.5 Å². The number of carbonyl (C=O) groups is 2. The van der Waals surface area contributed by atoms with Crippen molar-refractivity contribution in [1.29, 1.82) is 0 Å². The second kappa shape index (κ2) is 9.32. The number of amides is 2. The Bertz CT molecular complexity index is 1060. The van der Waals surface area contributed by atoms with Gasteiger partial charge in [0.15, 0.2) is 5.50 Å². The van der Waals surface area contributed by atoms with Crippen molar-refractivity contribution < 1.29 is 18.4 Å². The summed E-state index contributed by atoms with van der Waals surface area (Å²) in [5.74, 6) is -1.39. The van der Waals surface area contributed by atoms with Crippen LogP contribution in [0.25, 0.3) is 0 Å². The first-order chi connectivity index (χ1) is 15.3. The molecule has 2 N–H and O–H groups in total. The maximum atomic E-state index is 13.7. The van der Waals surface area contributed by atoms with Crippen molar-refractivity contribution in [3.05, 3.63) is 81.9 Å². The lowest BCUT2D eigenvalue weighted by atomic mass is 9.90. The van der Waals surface area contributed by atoms with Crippen molar-refractivity contribution in [2.24, 2.45) is 11.7 Å². The summed E-state index contributed by atoms with van der Waals surface area (Å²) in [6.07, 6.45) is 2.11. The van der Waals surface area contributed by atoms with Gasteiger partial charge in [0.1, 0.15) is 11.6 Å². The molecule has 2 aromatic rings. The lowest BCUT2D eigenvalue weighted by molar-refractivity contribution is -0.141. The molecule has 1 saturated heterocycles. The molecular weight excluding hydrogens is 432 g/mol. The average molecular weight is 458 g/mol. The zero-order chi connectivity index (χ0) is 22.8. The molecule has 168 valence electrons. The number of halogens is 2. The van der Waals surface area contributed by atoms with Crippen LogP contribution in [0.1, 0.15) is 30.9 Å². The van der Waals surface area contributed by atoms with Crippen molar-refractivity contribution >= 4 is 23.6 Å². The fraction of sp³-hybridized carbons (Fsp3) is 0.333. The predicted molar refractivity (Wildman–Crippen MR) is 120 cm³/mol. The molecule has 2 aliphatic rings. The molecule has 4 rings (SSSR count). The van der Waals surface area contributed by atoms with Crippen LogP contribution < -0.4 is 5.73 Å². The molecule has 2 aliphatic heterocycles. The molecule has 8 heteroatoms. The first kappa shape index (κ1) is 22.3. The molecule has 2 amide bonds. The topological polar surface area (TPSA) is 66.6 Å². The number of thioether (sulfide) groups is 1. The lowest BCUT2D eigenvalue weighted by Crippen LogP contribution is -2.51. The molecular formula is C24H25F2N3O2S. The first-order valence-corrected chi connectivity index (χ1v) is 11.4. The van der Waals surface area contributed by atoms with E-state index in [1.807, 2.05) is 11.0 Å². The van der Waals surface area contributed by atoms with Crippen molar-refractivity contribution in [2.45, 2.75) is 38.2 Å². The first-order valence-electron chi connectivity index (χ1n) is 10.6. The third kappa shape index (κ3) is 4.65. The summed E-state index contributed by atoms with van der Waals surface area (Å²) in [5.41, 5.74) is 7.51. The minimum absolute atomic E-state index is 0.000776. The van der Waals surface area contributed by atoms with E-state index < -0.39 is 11.4 Å². The van der Waals surface area contributed by atoms with Crippen molar-refractivity contribution in [3.63, 3.8) is 0 Å². The van der Waals surface area contributed by atoms with Crippen LogP contribution in [0.3, 0.4) is 0 Å². The monoisotopic (exact) mass is 457 g/mol. The molecule has 32 heavy (non-hydrogen) atoms. The number of hydrogen-bond donors (Lipinski definition) is 1. The molecule has 2 heterocycles. The Morgan fingerprint density at radius 1 is 1.12 bits per heavy atom. The Morgan fingerprint density at radius 2 is 1.88 bits per heavy atom. The number of rotatable bonds is 6. The van der Waals surface area contributed by atoms with Crippen LogP contribution in [0.4, 0.5) is 8.78 Å². The van der Waals surface area contributed by atoms with Crippen molar-refractivity contribution in [2.75, 3.05) is 6.54 Å². The summed E-state index contributed by atoms with van der Waals surface area (Å²) in [5, 5.41) is 0. The summed E-state index contributed by atoms with van der Waals surface area (Å²) < 4.78 is 27.0. The minimum Gasteiger partial charge on any atom is -0.365 e. The van der Waals surface area contributed by atoms with Gasteiger partial charge in [-0.1, -0.05) is 36.0 Å². The van der Waals surface area contributed by atoms with Crippen molar-refractivity contribution in [3.8, 4) is 0 Å². The third-order valence-corrected chi connectivity index (χ3v) is 7.41. The summed E-state index contributed by atoms with van der Waals surface area (Å²) in [6, 6.07) is 12.5. The van der Waals surface area contributed by atoms with E-state index >= 15 is 0 Å². The predicted octanol–water partition coefficient (Wildman–Crippen LogP) is 4.00. The number of allylic oxidation sites excluding steroid dienone is 1. The zero-order valence-corrected chi connectivity index (χ0v) is 18.6. The van der Waals surface area contributed by atoms with Crippen LogP contribution in [-0.4, -0.2) is 33.7 Å². The Balaban J connectivity index is 1.57. The smallest absolute Gasteiger partial charge is 0.257 e. The van der Waals surface area contributed by atoms with E-state index in [1.165, 1.54) is 36.0 Å². The molecule has 0 aromatic heterocycles. The van der Waals surface area contributed by atoms with E-state index in [1.54, 1.807) is 30.0 Å². The van der Waals surface area contributed by atoms with E-state index in [0.29, 0.717) is 30.1 Å². The van der Waals surface area contributed by atoms with E-state index in [2.05, 4.69) is 0 Å². The van der Waals surface area contributed by atoms with Gasteiger partial charge >= 0.3 is 0 Å². The normalized spacial score (nSPS) is 21.4. The van der Waals surface area contributed by atoms with Crippen LogP contribution in [0.15, 0.2) is 59.1 Å². The second-order valence-electron chi connectivity index (χ2n) is 8.18. The number of carbonyl (C=O) groups excluding carboxylic acids is 2. The van der Waals surface area contributed by atoms with Gasteiger partial charge in [-0.3, -0.25) is 9.59 Å². The lowest BCUT2D eigenvalue weighted by Gasteiger charge is -2.41. The number of nitrogens with zero attached hydrogens (tertiary/aromatic N) is 2.